The highest BCUT2D eigenvalue weighted by atomic mass is 32.2. The van der Waals surface area contributed by atoms with Gasteiger partial charge in [0.05, 0.1) is 24.6 Å². The van der Waals surface area contributed by atoms with Crippen molar-refractivity contribution in [3.63, 3.8) is 0 Å². The first-order valence-corrected chi connectivity index (χ1v) is 10.1. The monoisotopic (exact) mass is 390 g/mol. The number of nitrogens with one attached hydrogen (secondary N) is 1. The first-order chi connectivity index (χ1) is 12.8. The van der Waals surface area contributed by atoms with Gasteiger partial charge in [-0.1, -0.05) is 31.2 Å². The quantitative estimate of drug-likeness (QED) is 0.733. The van der Waals surface area contributed by atoms with E-state index >= 15 is 0 Å². The summed E-state index contributed by atoms with van der Waals surface area (Å²) in [4.78, 5) is 24.2. The van der Waals surface area contributed by atoms with Crippen molar-refractivity contribution in [1.29, 1.82) is 0 Å². The number of benzene rings is 2. The number of rotatable bonds is 7. The summed E-state index contributed by atoms with van der Waals surface area (Å²) in [5, 5.41) is 2.75. The molecule has 0 aromatic heterocycles. The number of sulfonamides is 1. The second-order valence-electron chi connectivity index (χ2n) is 5.87. The number of ether oxygens (including phenoxy) is 1. The van der Waals surface area contributed by atoms with Gasteiger partial charge in [0, 0.05) is 5.69 Å². The van der Waals surface area contributed by atoms with Gasteiger partial charge in [0.25, 0.3) is 0 Å². The number of nitrogens with zero attached hydrogens (tertiary/aromatic N) is 1. The van der Waals surface area contributed by atoms with Crippen molar-refractivity contribution in [3.8, 4) is 0 Å². The van der Waals surface area contributed by atoms with Crippen LogP contribution in [0, 0.1) is 0 Å². The fraction of sp³-hybridized carbons (Fsp3) is 0.263. The van der Waals surface area contributed by atoms with E-state index in [2.05, 4.69) is 10.1 Å². The van der Waals surface area contributed by atoms with Crippen molar-refractivity contribution in [2.45, 2.75) is 13.3 Å². The second-order valence-corrected chi connectivity index (χ2v) is 7.78. The fourth-order valence-corrected chi connectivity index (χ4v) is 3.42. The van der Waals surface area contributed by atoms with E-state index in [1.165, 1.54) is 31.4 Å². The Labute approximate surface area is 159 Å². The van der Waals surface area contributed by atoms with E-state index < -0.39 is 28.4 Å². The van der Waals surface area contributed by atoms with Gasteiger partial charge >= 0.3 is 5.97 Å². The Balaban J connectivity index is 2.28. The van der Waals surface area contributed by atoms with Crippen LogP contribution in [0.5, 0.6) is 0 Å². The molecular weight excluding hydrogens is 368 g/mol. The lowest BCUT2D eigenvalue weighted by Gasteiger charge is -2.22. The lowest BCUT2D eigenvalue weighted by molar-refractivity contribution is -0.114. The van der Waals surface area contributed by atoms with E-state index in [9.17, 15) is 18.0 Å². The number of hydrogen-bond donors (Lipinski definition) is 1. The van der Waals surface area contributed by atoms with Crippen LogP contribution in [0.2, 0.25) is 0 Å². The Morgan fingerprint density at radius 1 is 1.11 bits per heavy atom. The number of methoxy groups -OCH3 is 1. The van der Waals surface area contributed by atoms with Gasteiger partial charge in [0.15, 0.2) is 0 Å². The van der Waals surface area contributed by atoms with Crippen LogP contribution in [0.3, 0.4) is 0 Å². The molecule has 0 radical (unpaired) electrons. The lowest BCUT2D eigenvalue weighted by Crippen LogP contribution is -2.37. The zero-order valence-corrected chi connectivity index (χ0v) is 16.2. The van der Waals surface area contributed by atoms with Crippen LogP contribution in [0.1, 0.15) is 22.8 Å². The Morgan fingerprint density at radius 2 is 1.81 bits per heavy atom. The van der Waals surface area contributed by atoms with Crippen LogP contribution in [-0.4, -0.2) is 40.2 Å². The molecule has 1 amide bonds. The molecule has 2 rings (SSSR count). The van der Waals surface area contributed by atoms with Crippen LogP contribution in [0.4, 0.5) is 11.4 Å². The van der Waals surface area contributed by atoms with Crippen LogP contribution < -0.4 is 9.62 Å². The van der Waals surface area contributed by atoms with E-state index in [1.54, 1.807) is 12.1 Å². The van der Waals surface area contributed by atoms with Gasteiger partial charge in [-0.2, -0.15) is 0 Å². The highest BCUT2D eigenvalue weighted by Gasteiger charge is 2.22. The van der Waals surface area contributed by atoms with E-state index in [-0.39, 0.29) is 11.3 Å². The Hall–Kier alpha value is -2.87. The molecule has 2 aromatic carbocycles. The topological polar surface area (TPSA) is 92.8 Å². The number of carbonyl (C=O) groups excluding carboxylic acids is 2. The minimum absolute atomic E-state index is 0.195. The zero-order chi connectivity index (χ0) is 20.0. The van der Waals surface area contributed by atoms with Crippen molar-refractivity contribution >= 4 is 33.3 Å². The zero-order valence-electron chi connectivity index (χ0n) is 15.4. The minimum Gasteiger partial charge on any atom is -0.465 e. The van der Waals surface area contributed by atoms with Crippen molar-refractivity contribution < 1.29 is 22.7 Å². The smallest absolute Gasteiger partial charge is 0.337 e. The van der Waals surface area contributed by atoms with Crippen molar-refractivity contribution in [2.75, 3.05) is 29.5 Å². The van der Waals surface area contributed by atoms with E-state index in [0.29, 0.717) is 5.69 Å². The third-order valence-electron chi connectivity index (χ3n) is 3.92. The largest absolute Gasteiger partial charge is 0.465 e. The van der Waals surface area contributed by atoms with Crippen LogP contribution in [0.15, 0.2) is 48.5 Å². The molecule has 8 heteroatoms. The molecule has 0 atom stereocenters. The van der Waals surface area contributed by atoms with Gasteiger partial charge in [0.1, 0.15) is 6.54 Å². The van der Waals surface area contributed by atoms with Gasteiger partial charge in [-0.05, 0) is 36.2 Å². The Kier molecular flexibility index (Phi) is 6.57. The maximum Gasteiger partial charge on any atom is 0.337 e. The summed E-state index contributed by atoms with van der Waals surface area (Å²) in [7, 11) is -2.51. The summed E-state index contributed by atoms with van der Waals surface area (Å²) < 4.78 is 30.1. The van der Waals surface area contributed by atoms with Gasteiger partial charge in [-0.25, -0.2) is 13.2 Å². The molecule has 0 aliphatic rings. The molecule has 0 unspecified atom stereocenters. The molecule has 7 nitrogen and oxygen atoms in total. The minimum atomic E-state index is -3.75. The fourth-order valence-electron chi connectivity index (χ4n) is 2.58. The second kappa shape index (κ2) is 8.68. The summed E-state index contributed by atoms with van der Waals surface area (Å²) >= 11 is 0. The van der Waals surface area contributed by atoms with Crippen molar-refractivity contribution in [3.05, 3.63) is 59.7 Å². The predicted molar refractivity (Wildman–Crippen MR) is 104 cm³/mol. The maximum atomic E-state index is 12.5. The van der Waals surface area contributed by atoms with Gasteiger partial charge in [-0.3, -0.25) is 9.10 Å². The van der Waals surface area contributed by atoms with E-state index in [0.717, 1.165) is 22.5 Å². The number of anilines is 2. The van der Waals surface area contributed by atoms with Crippen LogP contribution in [-0.2, 0) is 26.0 Å². The third-order valence-corrected chi connectivity index (χ3v) is 5.06. The number of hydrogen-bond acceptors (Lipinski definition) is 5. The van der Waals surface area contributed by atoms with E-state index in [1.807, 2.05) is 19.1 Å². The highest BCUT2D eigenvalue weighted by molar-refractivity contribution is 7.92. The van der Waals surface area contributed by atoms with Gasteiger partial charge in [0.2, 0.25) is 15.9 Å². The number of esters is 1. The van der Waals surface area contributed by atoms with Gasteiger partial charge < -0.3 is 10.1 Å². The maximum absolute atomic E-state index is 12.5. The molecule has 1 N–H and O–H groups in total. The highest BCUT2D eigenvalue weighted by Crippen LogP contribution is 2.21. The molecule has 0 spiro atoms. The first-order valence-electron chi connectivity index (χ1n) is 8.30. The van der Waals surface area contributed by atoms with Crippen molar-refractivity contribution in [2.24, 2.45) is 0 Å². The molecule has 0 aliphatic carbocycles. The number of carbonyl (C=O) groups is 2. The number of aryl methyl sites for hydroxylation is 1. The summed E-state index contributed by atoms with van der Waals surface area (Å²) in [6.07, 6.45) is 1.73. The molecule has 144 valence electrons. The third kappa shape index (κ3) is 5.30. The summed E-state index contributed by atoms with van der Waals surface area (Å²) in [6.45, 7) is 1.55. The SMILES string of the molecule is CCc1ccccc1NC(=O)CN(c1cccc(C(=O)OC)c1)S(C)(=O)=O. The average Bonchev–Trinajstić information content (AvgIpc) is 2.65. The molecule has 0 saturated carbocycles. The molecule has 27 heavy (non-hydrogen) atoms. The number of amides is 1. The Morgan fingerprint density at radius 3 is 2.44 bits per heavy atom. The molecule has 0 bridgehead atoms. The molecule has 0 saturated heterocycles. The Bertz CT molecular complexity index is 941. The predicted octanol–water partition coefficient (Wildman–Crippen LogP) is 2.44. The van der Waals surface area contributed by atoms with Crippen LogP contribution >= 0.6 is 0 Å². The average molecular weight is 390 g/mol. The summed E-state index contributed by atoms with van der Waals surface area (Å²) in [5.41, 5.74) is 1.99. The molecule has 0 heterocycles. The molecule has 2 aromatic rings. The number of para-hydroxylation sites is 1. The summed E-state index contributed by atoms with van der Waals surface area (Å²) in [6, 6.07) is 13.3. The van der Waals surface area contributed by atoms with E-state index in [4.69, 9.17) is 0 Å². The van der Waals surface area contributed by atoms with Crippen molar-refractivity contribution in [1.82, 2.24) is 0 Å². The first kappa shape index (κ1) is 20.4. The molecule has 0 fully saturated rings. The lowest BCUT2D eigenvalue weighted by atomic mass is 10.1. The normalized spacial score (nSPS) is 10.9. The standard InChI is InChI=1S/C19H22N2O5S/c1-4-14-8-5-6-11-17(14)20-18(22)13-21(27(3,24)25)16-10-7-9-15(12-16)19(23)26-2/h5-12H,4,13H2,1-3H3,(H,20,22). The molecule has 0 aliphatic heterocycles. The molecular formula is C19H22N2O5S. The van der Waals surface area contributed by atoms with Crippen LogP contribution in [0.25, 0.3) is 0 Å². The summed E-state index contributed by atoms with van der Waals surface area (Å²) in [5.74, 6) is -1.07. The van der Waals surface area contributed by atoms with Gasteiger partial charge in [-0.15, -0.1) is 0 Å².